The van der Waals surface area contributed by atoms with E-state index in [-0.39, 0.29) is 29.7 Å². The van der Waals surface area contributed by atoms with Crippen LogP contribution >= 0.6 is 0 Å². The van der Waals surface area contributed by atoms with E-state index in [1.165, 1.54) is 24.3 Å². The third kappa shape index (κ3) is 7.84. The second-order valence-corrected chi connectivity index (χ2v) is 8.92. The van der Waals surface area contributed by atoms with Crippen molar-refractivity contribution in [3.05, 3.63) is 59.0 Å². The van der Waals surface area contributed by atoms with Gasteiger partial charge in [0.2, 0.25) is 15.9 Å². The largest absolute Gasteiger partial charge is 0.433 e. The molecule has 2 rings (SSSR count). The van der Waals surface area contributed by atoms with E-state index < -0.39 is 33.6 Å². The molecule has 0 saturated heterocycles. The highest BCUT2D eigenvalue weighted by Gasteiger charge is 2.33. The monoisotopic (exact) mass is 474 g/mol. The number of pyridine rings is 1. The third-order valence-corrected chi connectivity index (χ3v) is 4.44. The number of aromatic nitrogens is 1. The number of carbonyl (C=O) groups excluding carboxylic acids is 1. The van der Waals surface area contributed by atoms with Crippen molar-refractivity contribution >= 4 is 33.5 Å². The molecule has 32 heavy (non-hydrogen) atoms. The van der Waals surface area contributed by atoms with E-state index in [1.807, 2.05) is 4.72 Å². The van der Waals surface area contributed by atoms with Gasteiger partial charge in [0.25, 0.3) is 0 Å². The Morgan fingerprint density at radius 3 is 2.44 bits per heavy atom. The minimum atomic E-state index is -4.60. The summed E-state index contributed by atoms with van der Waals surface area (Å²) in [4.78, 5) is 15.7. The molecule has 0 aliphatic carbocycles. The van der Waals surface area contributed by atoms with Gasteiger partial charge in [0, 0.05) is 24.2 Å². The minimum absolute atomic E-state index is 0.0186. The van der Waals surface area contributed by atoms with Gasteiger partial charge in [-0.2, -0.15) is 13.2 Å². The first-order chi connectivity index (χ1) is 14.7. The van der Waals surface area contributed by atoms with Gasteiger partial charge in [-0.3, -0.25) is 9.52 Å². The van der Waals surface area contributed by atoms with Gasteiger partial charge < -0.3 is 10.6 Å². The fraction of sp³-hybridized carbons (Fsp3) is 0.300. The molecule has 12 heteroatoms. The molecule has 7 nitrogen and oxygen atoms in total. The number of halogens is 4. The van der Waals surface area contributed by atoms with Crippen LogP contribution in [-0.2, 0) is 27.5 Å². The van der Waals surface area contributed by atoms with Crippen molar-refractivity contribution < 1.29 is 30.8 Å². The summed E-state index contributed by atoms with van der Waals surface area (Å²) in [5.41, 5.74) is -0.619. The van der Waals surface area contributed by atoms with Crippen LogP contribution in [0.5, 0.6) is 0 Å². The van der Waals surface area contributed by atoms with E-state index in [1.54, 1.807) is 13.8 Å². The van der Waals surface area contributed by atoms with Crippen molar-refractivity contribution in [2.45, 2.75) is 32.6 Å². The second-order valence-electron chi connectivity index (χ2n) is 7.17. The molecule has 0 unspecified atom stereocenters. The molecule has 174 valence electrons. The van der Waals surface area contributed by atoms with Crippen LogP contribution in [0, 0.1) is 5.82 Å². The van der Waals surface area contributed by atoms with E-state index in [0.29, 0.717) is 5.56 Å². The normalized spacial score (nSPS) is 12.2. The lowest BCUT2D eigenvalue weighted by molar-refractivity contribution is -0.141. The molecule has 1 aromatic heterocycles. The number of benzene rings is 1. The molecule has 0 aliphatic heterocycles. The molecule has 1 amide bonds. The summed E-state index contributed by atoms with van der Waals surface area (Å²) < 4.78 is 77.1. The predicted molar refractivity (Wildman–Crippen MR) is 114 cm³/mol. The fourth-order valence-electron chi connectivity index (χ4n) is 2.52. The summed E-state index contributed by atoms with van der Waals surface area (Å²) >= 11 is 0. The molecular formula is C20H22F4N4O3S. The average molecular weight is 474 g/mol. The number of amides is 1. The summed E-state index contributed by atoms with van der Waals surface area (Å²) in [6.07, 6.45) is -1.28. The molecule has 0 saturated carbocycles. The number of hydrogen-bond donors (Lipinski definition) is 3. The highest BCUT2D eigenvalue weighted by Crippen LogP contribution is 2.30. The lowest BCUT2D eigenvalue weighted by Gasteiger charge is -2.14. The Labute approximate surface area is 183 Å². The Bertz CT molecular complexity index is 1120. The molecular weight excluding hydrogens is 452 g/mol. The van der Waals surface area contributed by atoms with Crippen LogP contribution in [0.3, 0.4) is 0 Å². The number of anilines is 2. The van der Waals surface area contributed by atoms with Gasteiger partial charge in [-0.15, -0.1) is 0 Å². The van der Waals surface area contributed by atoms with Crippen molar-refractivity contribution in [1.29, 1.82) is 0 Å². The highest BCUT2D eigenvalue weighted by atomic mass is 32.2. The number of hydrogen-bond acceptors (Lipinski definition) is 5. The Kier molecular flexibility index (Phi) is 7.83. The zero-order chi connectivity index (χ0) is 24.1. The first kappa shape index (κ1) is 25.1. The second kappa shape index (κ2) is 9.98. The molecule has 3 N–H and O–H groups in total. The van der Waals surface area contributed by atoms with Gasteiger partial charge in [0.05, 0.1) is 11.9 Å². The Balaban J connectivity index is 2.08. The molecule has 0 aliphatic rings. The number of alkyl halides is 3. The number of nitrogens with one attached hydrogen (secondary N) is 3. The van der Waals surface area contributed by atoms with Gasteiger partial charge in [-0.1, -0.05) is 6.07 Å². The number of nitrogens with zero attached hydrogens (tertiary/aromatic N) is 1. The topological polar surface area (TPSA) is 100 Å². The van der Waals surface area contributed by atoms with Crippen molar-refractivity contribution in [3.63, 3.8) is 0 Å². The summed E-state index contributed by atoms with van der Waals surface area (Å²) in [5.74, 6) is -1.40. The lowest BCUT2D eigenvalue weighted by Crippen LogP contribution is -2.20. The zero-order valence-electron chi connectivity index (χ0n) is 17.4. The number of carbonyl (C=O) groups is 1. The first-order valence-electron chi connectivity index (χ1n) is 9.31. The van der Waals surface area contributed by atoms with Crippen LogP contribution in [0.2, 0.25) is 0 Å². The average Bonchev–Trinajstić information content (AvgIpc) is 2.65. The molecule has 1 aromatic carbocycles. The van der Waals surface area contributed by atoms with E-state index in [0.717, 1.165) is 24.5 Å². The zero-order valence-corrected chi connectivity index (χ0v) is 18.2. The number of sulfonamides is 1. The van der Waals surface area contributed by atoms with Crippen molar-refractivity contribution in [2.75, 3.05) is 16.3 Å². The summed E-state index contributed by atoms with van der Waals surface area (Å²) in [5, 5.41) is 5.32. The van der Waals surface area contributed by atoms with Gasteiger partial charge in [0.1, 0.15) is 17.3 Å². The maximum atomic E-state index is 14.0. The standard InChI is InChI=1S/C20H22F4N4O3S/c1-12(2)26-19-14(5-8-17(27-19)20(22,23)24)6-9-18(29)25-11-13-4-7-16(15(21)10-13)28-32(3,30)31/h4-10,12,28H,11H2,1-3H3,(H,25,29)(H,26,27). The van der Waals surface area contributed by atoms with Gasteiger partial charge >= 0.3 is 6.18 Å². The Hall–Kier alpha value is -3.15. The van der Waals surface area contributed by atoms with Crippen LogP contribution in [-0.4, -0.2) is 31.6 Å². The molecule has 2 aromatic rings. The first-order valence-corrected chi connectivity index (χ1v) is 11.2. The van der Waals surface area contributed by atoms with E-state index >= 15 is 0 Å². The quantitative estimate of drug-likeness (QED) is 0.400. The smallest absolute Gasteiger partial charge is 0.367 e. The molecule has 0 bridgehead atoms. The lowest BCUT2D eigenvalue weighted by atomic mass is 10.2. The molecule has 0 fully saturated rings. The van der Waals surface area contributed by atoms with Crippen LogP contribution in [0.4, 0.5) is 29.1 Å². The van der Waals surface area contributed by atoms with Crippen LogP contribution in [0.15, 0.2) is 36.4 Å². The van der Waals surface area contributed by atoms with Crippen molar-refractivity contribution in [3.8, 4) is 0 Å². The van der Waals surface area contributed by atoms with Crippen molar-refractivity contribution in [2.24, 2.45) is 0 Å². The summed E-state index contributed by atoms with van der Waals surface area (Å²) in [6, 6.07) is 5.56. The fourth-order valence-corrected chi connectivity index (χ4v) is 3.08. The van der Waals surface area contributed by atoms with E-state index in [4.69, 9.17) is 0 Å². The minimum Gasteiger partial charge on any atom is -0.367 e. The predicted octanol–water partition coefficient (Wildman–Crippen LogP) is 3.76. The van der Waals surface area contributed by atoms with Crippen LogP contribution in [0.1, 0.15) is 30.7 Å². The maximum Gasteiger partial charge on any atom is 0.433 e. The molecule has 0 spiro atoms. The number of rotatable bonds is 8. The Morgan fingerprint density at radius 2 is 1.88 bits per heavy atom. The van der Waals surface area contributed by atoms with Gasteiger partial charge in [-0.05, 0) is 49.8 Å². The summed E-state index contributed by atoms with van der Waals surface area (Å²) in [7, 11) is -3.64. The van der Waals surface area contributed by atoms with Crippen molar-refractivity contribution in [1.82, 2.24) is 10.3 Å². The molecule has 1 heterocycles. The SMILES string of the molecule is CC(C)Nc1nc(C(F)(F)F)ccc1C=CC(=O)NCc1ccc(NS(C)(=O)=O)c(F)c1. The van der Waals surface area contributed by atoms with E-state index in [2.05, 4.69) is 15.6 Å². The van der Waals surface area contributed by atoms with Gasteiger partial charge in [0.15, 0.2) is 0 Å². The summed E-state index contributed by atoms with van der Waals surface area (Å²) in [6.45, 7) is 3.41. The van der Waals surface area contributed by atoms with Crippen LogP contribution in [0.25, 0.3) is 6.08 Å². The van der Waals surface area contributed by atoms with Gasteiger partial charge in [-0.25, -0.2) is 17.8 Å². The van der Waals surface area contributed by atoms with Crippen LogP contribution < -0.4 is 15.4 Å². The molecule has 0 atom stereocenters. The maximum absolute atomic E-state index is 14.0. The highest BCUT2D eigenvalue weighted by molar-refractivity contribution is 7.92. The Morgan fingerprint density at radius 1 is 1.19 bits per heavy atom. The third-order valence-electron chi connectivity index (χ3n) is 3.85. The molecule has 0 radical (unpaired) electrons. The van der Waals surface area contributed by atoms with E-state index in [9.17, 15) is 30.8 Å².